The van der Waals surface area contributed by atoms with Crippen LogP contribution >= 0.6 is 11.8 Å². The van der Waals surface area contributed by atoms with Gasteiger partial charge in [-0.1, -0.05) is 111 Å². The number of para-hydroxylation sites is 2. The first-order valence-corrected chi connectivity index (χ1v) is 15.1. The van der Waals surface area contributed by atoms with Crippen molar-refractivity contribution in [3.05, 3.63) is 138 Å². The molecule has 0 amide bonds. The van der Waals surface area contributed by atoms with Gasteiger partial charge in [-0.25, -0.2) is 0 Å². The second kappa shape index (κ2) is 9.88. The SMILES string of the molecule is CCC1(CC)c2cc(N(c3ccccc3)c3ccccc3)ccc2C2C=CC(C3=NC4C=CC=CC4S3)=CC21. The Labute approximate surface area is 236 Å². The van der Waals surface area contributed by atoms with Gasteiger partial charge in [0, 0.05) is 34.0 Å². The molecule has 0 spiro atoms. The van der Waals surface area contributed by atoms with E-state index in [1.54, 1.807) is 0 Å². The van der Waals surface area contributed by atoms with Crippen molar-refractivity contribution in [2.45, 2.75) is 49.3 Å². The van der Waals surface area contributed by atoms with Crippen LogP contribution < -0.4 is 4.90 Å². The van der Waals surface area contributed by atoms with Crippen molar-refractivity contribution in [1.82, 2.24) is 0 Å². The Bertz CT molecular complexity index is 1490. The van der Waals surface area contributed by atoms with E-state index in [2.05, 4.69) is 140 Å². The second-order valence-corrected chi connectivity index (χ2v) is 12.1. The molecule has 0 bridgehead atoms. The summed E-state index contributed by atoms with van der Waals surface area (Å²) in [6.45, 7) is 4.76. The van der Waals surface area contributed by atoms with Crippen LogP contribution in [0.15, 0.2) is 132 Å². The van der Waals surface area contributed by atoms with Crippen molar-refractivity contribution >= 4 is 33.9 Å². The molecule has 3 heteroatoms. The van der Waals surface area contributed by atoms with Crippen molar-refractivity contribution in [2.24, 2.45) is 10.9 Å². The lowest BCUT2D eigenvalue weighted by atomic mass is 9.67. The lowest BCUT2D eigenvalue weighted by molar-refractivity contribution is 0.305. The van der Waals surface area contributed by atoms with Crippen LogP contribution in [0.5, 0.6) is 0 Å². The number of hydrogen-bond acceptors (Lipinski definition) is 3. The van der Waals surface area contributed by atoms with Gasteiger partial charge in [0.1, 0.15) is 0 Å². The fourth-order valence-electron chi connectivity index (χ4n) is 7.15. The Kier molecular flexibility index (Phi) is 6.20. The number of allylic oxidation sites excluding steroid dienone is 5. The summed E-state index contributed by atoms with van der Waals surface area (Å²) in [7, 11) is 0. The first-order valence-electron chi connectivity index (χ1n) is 14.3. The Morgan fingerprint density at radius 3 is 2.15 bits per heavy atom. The number of benzene rings is 3. The quantitative estimate of drug-likeness (QED) is 0.318. The second-order valence-electron chi connectivity index (χ2n) is 11.0. The first kappa shape index (κ1) is 24.5. The molecule has 4 aliphatic rings. The molecule has 0 radical (unpaired) electrons. The fraction of sp³-hybridized carbons (Fsp3) is 0.250. The number of hydrogen-bond donors (Lipinski definition) is 0. The number of nitrogens with zero attached hydrogens (tertiary/aromatic N) is 2. The van der Waals surface area contributed by atoms with Gasteiger partial charge < -0.3 is 4.90 Å². The molecule has 1 aliphatic heterocycles. The van der Waals surface area contributed by atoms with Gasteiger partial charge in [-0.15, -0.1) is 0 Å². The Balaban J connectivity index is 1.31. The van der Waals surface area contributed by atoms with Gasteiger partial charge in [0.25, 0.3) is 0 Å². The molecule has 3 aromatic rings. The third kappa shape index (κ3) is 3.98. The van der Waals surface area contributed by atoms with Crippen molar-refractivity contribution in [3.8, 4) is 0 Å². The zero-order valence-corrected chi connectivity index (χ0v) is 23.4. The molecule has 4 unspecified atom stereocenters. The topological polar surface area (TPSA) is 15.6 Å². The highest BCUT2D eigenvalue weighted by atomic mass is 32.2. The average Bonchev–Trinajstić information content (AvgIpc) is 3.55. The molecule has 0 saturated carbocycles. The molecular formula is C36H34N2S. The monoisotopic (exact) mass is 526 g/mol. The summed E-state index contributed by atoms with van der Waals surface area (Å²) in [6.07, 6.45) is 18.4. The lowest BCUT2D eigenvalue weighted by Gasteiger charge is -2.37. The molecule has 0 saturated heterocycles. The van der Waals surface area contributed by atoms with Gasteiger partial charge in [-0.05, 0) is 66.3 Å². The molecule has 4 atom stereocenters. The molecule has 39 heavy (non-hydrogen) atoms. The third-order valence-electron chi connectivity index (χ3n) is 9.17. The molecule has 2 nitrogen and oxygen atoms in total. The normalized spacial score (nSPS) is 25.5. The minimum absolute atomic E-state index is 0.0987. The molecule has 3 aliphatic carbocycles. The number of rotatable bonds is 6. The van der Waals surface area contributed by atoms with E-state index in [-0.39, 0.29) is 11.5 Å². The summed E-state index contributed by atoms with van der Waals surface area (Å²) in [5.74, 6) is 0.852. The lowest BCUT2D eigenvalue weighted by Crippen LogP contribution is -2.31. The van der Waals surface area contributed by atoms with E-state index in [0.717, 1.165) is 12.8 Å². The van der Waals surface area contributed by atoms with Gasteiger partial charge in [0.15, 0.2) is 0 Å². The molecule has 7 rings (SSSR count). The summed E-state index contributed by atoms with van der Waals surface area (Å²) in [5.41, 5.74) is 8.00. The van der Waals surface area contributed by atoms with Gasteiger partial charge in [0.05, 0.1) is 16.3 Å². The summed E-state index contributed by atoms with van der Waals surface area (Å²) in [5, 5.41) is 1.64. The van der Waals surface area contributed by atoms with Crippen molar-refractivity contribution < 1.29 is 0 Å². The maximum absolute atomic E-state index is 5.12. The van der Waals surface area contributed by atoms with E-state index in [4.69, 9.17) is 4.99 Å². The Morgan fingerprint density at radius 2 is 1.49 bits per heavy atom. The van der Waals surface area contributed by atoms with E-state index in [9.17, 15) is 0 Å². The highest BCUT2D eigenvalue weighted by Gasteiger charge is 2.49. The average molecular weight is 527 g/mol. The number of aliphatic imine (C=N–C) groups is 1. The van der Waals surface area contributed by atoms with E-state index >= 15 is 0 Å². The van der Waals surface area contributed by atoms with Gasteiger partial charge >= 0.3 is 0 Å². The summed E-state index contributed by atoms with van der Waals surface area (Å²) >= 11 is 1.92. The zero-order chi connectivity index (χ0) is 26.4. The van der Waals surface area contributed by atoms with Crippen LogP contribution in [0.3, 0.4) is 0 Å². The van der Waals surface area contributed by atoms with Crippen molar-refractivity contribution in [2.75, 3.05) is 4.90 Å². The predicted octanol–water partition coefficient (Wildman–Crippen LogP) is 9.43. The molecular weight excluding hydrogens is 492 g/mol. The largest absolute Gasteiger partial charge is 0.310 e. The molecule has 0 fully saturated rings. The van der Waals surface area contributed by atoms with Crippen LogP contribution in [0.4, 0.5) is 17.1 Å². The van der Waals surface area contributed by atoms with E-state index in [1.165, 1.54) is 38.8 Å². The van der Waals surface area contributed by atoms with Crippen LogP contribution in [-0.4, -0.2) is 16.3 Å². The van der Waals surface area contributed by atoms with E-state index in [0.29, 0.717) is 17.1 Å². The molecule has 0 aromatic heterocycles. The highest BCUT2D eigenvalue weighted by Crippen LogP contribution is 2.58. The molecule has 0 N–H and O–H groups in total. The summed E-state index contributed by atoms with van der Waals surface area (Å²) < 4.78 is 0. The Morgan fingerprint density at radius 1 is 0.795 bits per heavy atom. The van der Waals surface area contributed by atoms with Crippen LogP contribution in [0.1, 0.15) is 43.7 Å². The van der Waals surface area contributed by atoms with Gasteiger partial charge in [0.2, 0.25) is 0 Å². The zero-order valence-electron chi connectivity index (χ0n) is 22.6. The smallest absolute Gasteiger partial charge is 0.0988 e. The van der Waals surface area contributed by atoms with Crippen molar-refractivity contribution in [1.29, 1.82) is 0 Å². The minimum Gasteiger partial charge on any atom is -0.310 e. The van der Waals surface area contributed by atoms with Crippen LogP contribution in [0.25, 0.3) is 0 Å². The van der Waals surface area contributed by atoms with Gasteiger partial charge in [-0.3, -0.25) is 4.99 Å². The highest BCUT2D eigenvalue weighted by molar-refractivity contribution is 8.15. The van der Waals surface area contributed by atoms with Crippen LogP contribution in [0.2, 0.25) is 0 Å². The Hall–Kier alpha value is -3.56. The molecule has 194 valence electrons. The predicted molar refractivity (Wildman–Crippen MR) is 168 cm³/mol. The minimum atomic E-state index is 0.0987. The molecule has 3 aromatic carbocycles. The standard InChI is InChI=1S/C36H34N2S/c1-3-36(4-2)31-23-25(35-37-33-17-11-12-18-34(33)39-35)19-21-29(31)30-22-20-28(24-32(30)36)38(26-13-7-5-8-14-26)27-15-9-6-10-16-27/h5-24,29,31,33-34H,3-4H2,1-2H3. The first-order chi connectivity index (χ1) is 19.2. The number of fused-ring (bicyclic) bond motifs is 4. The maximum Gasteiger partial charge on any atom is 0.0988 e. The van der Waals surface area contributed by atoms with E-state index < -0.39 is 0 Å². The van der Waals surface area contributed by atoms with Crippen LogP contribution in [-0.2, 0) is 5.41 Å². The fourth-order valence-corrected chi connectivity index (χ4v) is 8.32. The number of thioether (sulfide) groups is 1. The summed E-state index contributed by atoms with van der Waals surface area (Å²) in [4.78, 5) is 7.51. The summed E-state index contributed by atoms with van der Waals surface area (Å²) in [6, 6.07) is 29.0. The molecule has 1 heterocycles. The third-order valence-corrected chi connectivity index (χ3v) is 10.4. The van der Waals surface area contributed by atoms with E-state index in [1.807, 2.05) is 11.8 Å². The van der Waals surface area contributed by atoms with Crippen molar-refractivity contribution in [3.63, 3.8) is 0 Å². The van der Waals surface area contributed by atoms with Gasteiger partial charge in [-0.2, -0.15) is 0 Å². The van der Waals surface area contributed by atoms with Crippen LogP contribution in [0, 0.1) is 5.92 Å². The number of anilines is 3. The maximum atomic E-state index is 5.12.